The van der Waals surface area contributed by atoms with E-state index in [9.17, 15) is 0 Å². The highest BCUT2D eigenvalue weighted by molar-refractivity contribution is 4.89. The third kappa shape index (κ3) is 4.19. The Bertz CT molecular complexity index is 292. The molecule has 2 N–H and O–H groups in total. The van der Waals surface area contributed by atoms with Crippen LogP contribution in [0.3, 0.4) is 0 Å². The number of rotatable bonds is 3. The Balaban J connectivity index is 1.84. The lowest BCUT2D eigenvalue weighted by atomic mass is 9.67. The van der Waals surface area contributed by atoms with Crippen LogP contribution in [-0.2, 0) is 4.74 Å². The van der Waals surface area contributed by atoms with Crippen LogP contribution in [0.4, 0.5) is 0 Å². The van der Waals surface area contributed by atoms with Crippen molar-refractivity contribution in [2.75, 3.05) is 26.7 Å². The smallest absolute Gasteiger partial charge is 0.0595 e. The fraction of sp³-hybridized carbons (Fsp3) is 1.00. The van der Waals surface area contributed by atoms with Crippen LogP contribution in [0.5, 0.6) is 0 Å². The van der Waals surface area contributed by atoms with Crippen molar-refractivity contribution in [2.24, 2.45) is 23.0 Å². The van der Waals surface area contributed by atoms with Gasteiger partial charge in [0.05, 0.1) is 6.10 Å². The average Bonchev–Trinajstić information content (AvgIpc) is 2.41. The highest BCUT2D eigenvalue weighted by Crippen LogP contribution is 2.40. The Morgan fingerprint density at radius 3 is 2.30 bits per heavy atom. The van der Waals surface area contributed by atoms with Crippen LogP contribution in [0.2, 0.25) is 0 Å². The summed E-state index contributed by atoms with van der Waals surface area (Å²) in [7, 11) is 1.84. The van der Waals surface area contributed by atoms with Crippen LogP contribution in [0.25, 0.3) is 0 Å². The summed E-state index contributed by atoms with van der Waals surface area (Å²) in [4.78, 5) is 2.62. The van der Waals surface area contributed by atoms with Crippen molar-refractivity contribution in [1.29, 1.82) is 0 Å². The van der Waals surface area contributed by atoms with Gasteiger partial charge in [-0.2, -0.15) is 0 Å². The summed E-state index contributed by atoms with van der Waals surface area (Å²) in [5.74, 6) is 1.52. The molecule has 118 valence electrons. The number of methoxy groups -OCH3 is 1. The van der Waals surface area contributed by atoms with E-state index in [4.69, 9.17) is 10.5 Å². The fourth-order valence-electron chi connectivity index (χ4n) is 3.94. The molecular formula is C17H34N2O. The van der Waals surface area contributed by atoms with E-state index in [0.29, 0.717) is 23.5 Å². The first-order valence-electron chi connectivity index (χ1n) is 8.41. The molecule has 1 saturated heterocycles. The van der Waals surface area contributed by atoms with Crippen molar-refractivity contribution in [1.82, 2.24) is 4.90 Å². The van der Waals surface area contributed by atoms with Gasteiger partial charge in [-0.05, 0) is 49.4 Å². The molecule has 1 saturated carbocycles. The molecule has 0 amide bonds. The third-order valence-corrected chi connectivity index (χ3v) is 5.63. The van der Waals surface area contributed by atoms with E-state index in [1.54, 1.807) is 0 Å². The van der Waals surface area contributed by atoms with Gasteiger partial charge in [0.25, 0.3) is 0 Å². The molecule has 2 aliphatic rings. The predicted octanol–water partition coefficient (Wildman–Crippen LogP) is 2.89. The summed E-state index contributed by atoms with van der Waals surface area (Å²) >= 11 is 0. The second-order valence-electron chi connectivity index (χ2n) is 8.04. The molecule has 0 aromatic carbocycles. The number of nitrogens with zero attached hydrogens (tertiary/aromatic N) is 1. The molecule has 0 aromatic heterocycles. The monoisotopic (exact) mass is 282 g/mol. The van der Waals surface area contributed by atoms with Gasteiger partial charge in [0, 0.05) is 32.8 Å². The van der Waals surface area contributed by atoms with Crippen LogP contribution in [0.1, 0.15) is 52.9 Å². The lowest BCUT2D eigenvalue weighted by molar-refractivity contribution is 0.0272. The molecule has 3 heteroatoms. The summed E-state index contributed by atoms with van der Waals surface area (Å²) in [5.41, 5.74) is 6.84. The molecule has 1 heterocycles. The van der Waals surface area contributed by atoms with Gasteiger partial charge in [-0.15, -0.1) is 0 Å². The molecule has 1 aliphatic carbocycles. The quantitative estimate of drug-likeness (QED) is 0.865. The minimum absolute atomic E-state index is 0.411. The first kappa shape index (κ1) is 16.3. The SMILES string of the molecule is COC1CCN(CC2CC(C(C)(C)C)CCC2N)CC1. The van der Waals surface area contributed by atoms with Gasteiger partial charge in [-0.1, -0.05) is 20.8 Å². The van der Waals surface area contributed by atoms with E-state index >= 15 is 0 Å². The number of piperidine rings is 1. The van der Waals surface area contributed by atoms with Crippen LogP contribution >= 0.6 is 0 Å². The van der Waals surface area contributed by atoms with E-state index < -0.39 is 0 Å². The van der Waals surface area contributed by atoms with Gasteiger partial charge in [0.1, 0.15) is 0 Å². The number of nitrogens with two attached hydrogens (primary N) is 1. The van der Waals surface area contributed by atoms with Crippen molar-refractivity contribution in [3.05, 3.63) is 0 Å². The van der Waals surface area contributed by atoms with Gasteiger partial charge < -0.3 is 15.4 Å². The highest BCUT2D eigenvalue weighted by atomic mass is 16.5. The summed E-state index contributed by atoms with van der Waals surface area (Å²) < 4.78 is 5.46. The first-order valence-corrected chi connectivity index (χ1v) is 8.41. The standard InChI is InChI=1S/C17H34N2O/c1-17(2,3)14-5-6-16(18)13(11-14)12-19-9-7-15(20-4)8-10-19/h13-16H,5-12,18H2,1-4H3. The average molecular weight is 282 g/mol. The van der Waals surface area contributed by atoms with Crippen molar-refractivity contribution in [3.8, 4) is 0 Å². The maximum Gasteiger partial charge on any atom is 0.0595 e. The number of ether oxygens (including phenoxy) is 1. The topological polar surface area (TPSA) is 38.5 Å². The van der Waals surface area contributed by atoms with Crippen molar-refractivity contribution >= 4 is 0 Å². The van der Waals surface area contributed by atoms with Crippen molar-refractivity contribution in [2.45, 2.75) is 65.0 Å². The summed E-state index contributed by atoms with van der Waals surface area (Å²) in [5, 5.41) is 0. The Kier molecular flexibility index (Phi) is 5.49. The molecule has 20 heavy (non-hydrogen) atoms. The minimum Gasteiger partial charge on any atom is -0.381 e. The number of likely N-dealkylation sites (tertiary alicyclic amines) is 1. The molecule has 3 nitrogen and oxygen atoms in total. The molecule has 1 aliphatic heterocycles. The zero-order chi connectivity index (χ0) is 14.8. The normalized spacial score (nSPS) is 34.4. The maximum absolute atomic E-state index is 6.40. The second-order valence-corrected chi connectivity index (χ2v) is 8.04. The molecule has 0 spiro atoms. The van der Waals surface area contributed by atoms with Crippen LogP contribution in [0, 0.1) is 17.3 Å². The Morgan fingerprint density at radius 2 is 1.75 bits per heavy atom. The predicted molar refractivity (Wildman–Crippen MR) is 84.7 cm³/mol. The van der Waals surface area contributed by atoms with E-state index in [0.717, 1.165) is 5.92 Å². The fourth-order valence-corrected chi connectivity index (χ4v) is 3.94. The van der Waals surface area contributed by atoms with E-state index in [1.165, 1.54) is 51.7 Å². The molecule has 3 atom stereocenters. The van der Waals surface area contributed by atoms with Gasteiger partial charge >= 0.3 is 0 Å². The van der Waals surface area contributed by atoms with E-state index in [2.05, 4.69) is 25.7 Å². The Labute approximate surface area is 125 Å². The molecular weight excluding hydrogens is 248 g/mol. The van der Waals surface area contributed by atoms with Crippen LogP contribution < -0.4 is 5.73 Å². The van der Waals surface area contributed by atoms with Crippen LogP contribution in [-0.4, -0.2) is 43.8 Å². The molecule has 0 bridgehead atoms. The molecule has 3 unspecified atom stereocenters. The molecule has 0 radical (unpaired) electrons. The minimum atomic E-state index is 0.411. The van der Waals surface area contributed by atoms with Gasteiger partial charge in [0.2, 0.25) is 0 Å². The van der Waals surface area contributed by atoms with Gasteiger partial charge in [-0.3, -0.25) is 0 Å². The molecule has 2 fully saturated rings. The lowest BCUT2D eigenvalue weighted by Gasteiger charge is -2.43. The second kappa shape index (κ2) is 6.76. The zero-order valence-corrected chi connectivity index (χ0v) is 13.9. The zero-order valence-electron chi connectivity index (χ0n) is 13.9. The lowest BCUT2D eigenvalue weighted by Crippen LogP contribution is -2.47. The molecule has 2 rings (SSSR count). The largest absolute Gasteiger partial charge is 0.381 e. The van der Waals surface area contributed by atoms with Crippen molar-refractivity contribution < 1.29 is 4.74 Å². The highest BCUT2D eigenvalue weighted by Gasteiger charge is 2.35. The van der Waals surface area contributed by atoms with E-state index in [-0.39, 0.29) is 0 Å². The van der Waals surface area contributed by atoms with Crippen LogP contribution in [0.15, 0.2) is 0 Å². The summed E-state index contributed by atoms with van der Waals surface area (Å²) in [6.07, 6.45) is 6.68. The summed E-state index contributed by atoms with van der Waals surface area (Å²) in [6.45, 7) is 10.7. The first-order chi connectivity index (χ1) is 9.40. The number of hydrogen-bond acceptors (Lipinski definition) is 3. The summed E-state index contributed by atoms with van der Waals surface area (Å²) in [6, 6.07) is 0.411. The Morgan fingerprint density at radius 1 is 1.10 bits per heavy atom. The van der Waals surface area contributed by atoms with Gasteiger partial charge in [-0.25, -0.2) is 0 Å². The van der Waals surface area contributed by atoms with E-state index in [1.807, 2.05) is 7.11 Å². The molecule has 0 aromatic rings. The Hall–Kier alpha value is -0.120. The van der Waals surface area contributed by atoms with Crippen molar-refractivity contribution in [3.63, 3.8) is 0 Å². The third-order valence-electron chi connectivity index (χ3n) is 5.63. The van der Waals surface area contributed by atoms with Gasteiger partial charge in [0.15, 0.2) is 0 Å². The maximum atomic E-state index is 6.40. The number of hydrogen-bond donors (Lipinski definition) is 1.